The molecule has 1 amide bonds. The fourth-order valence-electron chi connectivity index (χ4n) is 3.17. The van der Waals surface area contributed by atoms with Crippen molar-refractivity contribution in [2.24, 2.45) is 0 Å². The van der Waals surface area contributed by atoms with Crippen LogP contribution in [0.4, 0.5) is 5.69 Å². The van der Waals surface area contributed by atoms with Gasteiger partial charge in [-0.2, -0.15) is 0 Å². The number of aryl methyl sites for hydroxylation is 2. The van der Waals surface area contributed by atoms with Gasteiger partial charge in [0.2, 0.25) is 5.91 Å². The van der Waals surface area contributed by atoms with Crippen LogP contribution in [0.2, 0.25) is 0 Å². The molecule has 0 unspecified atom stereocenters. The van der Waals surface area contributed by atoms with E-state index >= 15 is 0 Å². The zero-order valence-electron chi connectivity index (χ0n) is 17.0. The Morgan fingerprint density at radius 2 is 1.63 bits per heavy atom. The molecular formula is C22H30N2O3. The maximum Gasteiger partial charge on any atom is 0.238 e. The first kappa shape index (κ1) is 20.8. The van der Waals surface area contributed by atoms with E-state index < -0.39 is 0 Å². The highest BCUT2D eigenvalue weighted by Gasteiger charge is 2.13. The Morgan fingerprint density at radius 1 is 1.00 bits per heavy atom. The van der Waals surface area contributed by atoms with Crippen molar-refractivity contribution in [1.29, 1.82) is 0 Å². The highest BCUT2D eigenvalue weighted by atomic mass is 16.5. The lowest BCUT2D eigenvalue weighted by molar-refractivity contribution is -0.117. The number of hydrogen-bond donors (Lipinski definition) is 1. The van der Waals surface area contributed by atoms with Gasteiger partial charge in [0.15, 0.2) is 11.5 Å². The van der Waals surface area contributed by atoms with Gasteiger partial charge in [-0.05, 0) is 48.7 Å². The number of carbonyl (C=O) groups is 1. The van der Waals surface area contributed by atoms with Gasteiger partial charge in [-0.3, -0.25) is 9.69 Å². The molecule has 27 heavy (non-hydrogen) atoms. The van der Waals surface area contributed by atoms with Gasteiger partial charge in [0.05, 0.1) is 20.8 Å². The van der Waals surface area contributed by atoms with Crippen LogP contribution in [0.25, 0.3) is 0 Å². The van der Waals surface area contributed by atoms with E-state index in [-0.39, 0.29) is 5.91 Å². The standard InChI is InChI=1S/C22H30N2O3/c1-6-17-9-8-10-18(7-2)22(17)23-21(25)15-24(3)14-16-11-12-19(26-4)20(13-16)27-5/h8-13H,6-7,14-15H2,1-5H3,(H,23,25). The van der Waals surface area contributed by atoms with Crippen LogP contribution in [0, 0.1) is 0 Å². The predicted octanol–water partition coefficient (Wildman–Crippen LogP) is 3.90. The third-order valence-electron chi connectivity index (χ3n) is 4.58. The Bertz CT molecular complexity index is 752. The summed E-state index contributed by atoms with van der Waals surface area (Å²) < 4.78 is 10.6. The van der Waals surface area contributed by atoms with Crippen LogP contribution in [0.1, 0.15) is 30.5 Å². The Hall–Kier alpha value is -2.53. The van der Waals surface area contributed by atoms with Gasteiger partial charge < -0.3 is 14.8 Å². The molecule has 5 heteroatoms. The summed E-state index contributed by atoms with van der Waals surface area (Å²) in [4.78, 5) is 14.6. The molecule has 0 aromatic heterocycles. The summed E-state index contributed by atoms with van der Waals surface area (Å²) in [5.41, 5.74) is 4.37. The summed E-state index contributed by atoms with van der Waals surface area (Å²) in [5.74, 6) is 1.39. The average Bonchev–Trinajstić information content (AvgIpc) is 2.67. The second-order valence-electron chi connectivity index (χ2n) is 6.57. The maximum absolute atomic E-state index is 12.6. The number of nitrogens with one attached hydrogen (secondary N) is 1. The minimum atomic E-state index is -0.00595. The fraction of sp³-hybridized carbons (Fsp3) is 0.409. The van der Waals surface area contributed by atoms with Gasteiger partial charge in [0.1, 0.15) is 0 Å². The second-order valence-corrected chi connectivity index (χ2v) is 6.57. The molecule has 1 N–H and O–H groups in total. The summed E-state index contributed by atoms with van der Waals surface area (Å²) in [6.45, 7) is 5.17. The SMILES string of the molecule is CCc1cccc(CC)c1NC(=O)CN(C)Cc1ccc(OC)c(OC)c1. The highest BCUT2D eigenvalue weighted by Crippen LogP contribution is 2.28. The van der Waals surface area contributed by atoms with Crippen molar-refractivity contribution in [3.63, 3.8) is 0 Å². The number of carbonyl (C=O) groups excluding carboxylic acids is 1. The van der Waals surface area contributed by atoms with E-state index in [1.165, 1.54) is 11.1 Å². The molecule has 0 aliphatic carbocycles. The van der Waals surface area contributed by atoms with E-state index in [2.05, 4.69) is 37.4 Å². The molecule has 0 fully saturated rings. The quantitative estimate of drug-likeness (QED) is 0.727. The maximum atomic E-state index is 12.6. The molecule has 0 spiro atoms. The lowest BCUT2D eigenvalue weighted by atomic mass is 10.0. The first-order valence-corrected chi connectivity index (χ1v) is 9.32. The minimum Gasteiger partial charge on any atom is -0.493 e. The number of methoxy groups -OCH3 is 2. The minimum absolute atomic E-state index is 0.00595. The molecule has 0 bridgehead atoms. The molecule has 0 heterocycles. The van der Waals surface area contributed by atoms with Crippen molar-refractivity contribution in [2.75, 3.05) is 33.1 Å². The lowest BCUT2D eigenvalue weighted by Crippen LogP contribution is -2.30. The van der Waals surface area contributed by atoms with Crippen molar-refractivity contribution in [2.45, 2.75) is 33.2 Å². The summed E-state index contributed by atoms with van der Waals surface area (Å²) in [6.07, 6.45) is 1.79. The van der Waals surface area contributed by atoms with E-state index in [0.717, 1.165) is 24.1 Å². The van der Waals surface area contributed by atoms with Gasteiger partial charge in [-0.25, -0.2) is 0 Å². The van der Waals surface area contributed by atoms with Gasteiger partial charge in [0, 0.05) is 12.2 Å². The molecule has 0 saturated carbocycles. The normalized spacial score (nSPS) is 10.7. The molecule has 0 radical (unpaired) electrons. The van der Waals surface area contributed by atoms with Gasteiger partial charge >= 0.3 is 0 Å². The predicted molar refractivity (Wildman–Crippen MR) is 110 cm³/mol. The van der Waals surface area contributed by atoms with Crippen LogP contribution in [-0.2, 0) is 24.2 Å². The molecule has 0 aliphatic rings. The largest absolute Gasteiger partial charge is 0.493 e. The molecule has 2 aromatic carbocycles. The summed E-state index contributed by atoms with van der Waals surface area (Å²) in [7, 11) is 5.17. The first-order chi connectivity index (χ1) is 13.0. The van der Waals surface area contributed by atoms with Crippen LogP contribution >= 0.6 is 0 Å². The molecule has 146 valence electrons. The third kappa shape index (κ3) is 5.47. The lowest BCUT2D eigenvalue weighted by Gasteiger charge is -2.19. The van der Waals surface area contributed by atoms with Crippen LogP contribution in [0.15, 0.2) is 36.4 Å². The van der Waals surface area contributed by atoms with Crippen molar-refractivity contribution in [3.8, 4) is 11.5 Å². The third-order valence-corrected chi connectivity index (χ3v) is 4.58. The number of para-hydroxylation sites is 1. The molecule has 5 nitrogen and oxygen atoms in total. The Kier molecular flexibility index (Phi) is 7.67. The van der Waals surface area contributed by atoms with Crippen LogP contribution in [0.5, 0.6) is 11.5 Å². The zero-order valence-corrected chi connectivity index (χ0v) is 17.0. The van der Waals surface area contributed by atoms with Crippen LogP contribution < -0.4 is 14.8 Å². The summed E-state index contributed by atoms with van der Waals surface area (Å²) in [5, 5.41) is 3.11. The first-order valence-electron chi connectivity index (χ1n) is 9.32. The molecule has 2 rings (SSSR count). The van der Waals surface area contributed by atoms with Crippen molar-refractivity contribution in [1.82, 2.24) is 4.90 Å². The Balaban J connectivity index is 2.02. The number of rotatable bonds is 9. The number of amides is 1. The van der Waals surface area contributed by atoms with Gasteiger partial charge in [-0.1, -0.05) is 38.1 Å². The number of benzene rings is 2. The van der Waals surface area contributed by atoms with E-state index in [1.54, 1.807) is 14.2 Å². The molecule has 0 atom stereocenters. The zero-order chi connectivity index (χ0) is 19.8. The van der Waals surface area contributed by atoms with Crippen molar-refractivity contribution < 1.29 is 14.3 Å². The average molecular weight is 370 g/mol. The number of nitrogens with zero attached hydrogens (tertiary/aromatic N) is 1. The second kappa shape index (κ2) is 9.97. The molecule has 2 aromatic rings. The van der Waals surface area contributed by atoms with Crippen LogP contribution in [-0.4, -0.2) is 38.6 Å². The molecule has 0 aliphatic heterocycles. The van der Waals surface area contributed by atoms with E-state index in [1.807, 2.05) is 30.1 Å². The highest BCUT2D eigenvalue weighted by molar-refractivity contribution is 5.93. The number of ether oxygens (including phenoxy) is 2. The summed E-state index contributed by atoms with van der Waals surface area (Å²) in [6, 6.07) is 12.0. The van der Waals surface area contributed by atoms with Crippen molar-refractivity contribution >= 4 is 11.6 Å². The van der Waals surface area contributed by atoms with E-state index in [0.29, 0.717) is 24.6 Å². The van der Waals surface area contributed by atoms with Crippen LogP contribution in [0.3, 0.4) is 0 Å². The Morgan fingerprint density at radius 3 is 2.19 bits per heavy atom. The fourth-order valence-corrected chi connectivity index (χ4v) is 3.17. The topological polar surface area (TPSA) is 50.8 Å². The van der Waals surface area contributed by atoms with Gasteiger partial charge in [-0.15, -0.1) is 0 Å². The molecular weight excluding hydrogens is 340 g/mol. The number of anilines is 1. The number of likely N-dealkylation sites (N-methyl/N-ethyl adjacent to an activating group) is 1. The number of hydrogen-bond acceptors (Lipinski definition) is 4. The van der Waals surface area contributed by atoms with E-state index in [4.69, 9.17) is 9.47 Å². The summed E-state index contributed by atoms with van der Waals surface area (Å²) >= 11 is 0. The van der Waals surface area contributed by atoms with Gasteiger partial charge in [0.25, 0.3) is 0 Å². The molecule has 0 saturated heterocycles. The monoisotopic (exact) mass is 370 g/mol. The van der Waals surface area contributed by atoms with E-state index in [9.17, 15) is 4.79 Å². The Labute approximate surface area is 162 Å². The smallest absolute Gasteiger partial charge is 0.238 e. The van der Waals surface area contributed by atoms with Crippen molar-refractivity contribution in [3.05, 3.63) is 53.1 Å².